The van der Waals surface area contributed by atoms with Crippen molar-refractivity contribution in [1.29, 1.82) is 0 Å². The lowest BCUT2D eigenvalue weighted by Crippen LogP contribution is -2.03. The summed E-state index contributed by atoms with van der Waals surface area (Å²) in [5, 5.41) is 0. The van der Waals surface area contributed by atoms with Gasteiger partial charge in [-0.1, -0.05) is 0 Å². The highest BCUT2D eigenvalue weighted by molar-refractivity contribution is 7.52. The third kappa shape index (κ3) is 2.40. The molecule has 0 aromatic rings. The van der Waals surface area contributed by atoms with E-state index in [2.05, 4.69) is 0 Å². The molecular weight excluding hydrogens is 134 g/mol. The van der Waals surface area contributed by atoms with Crippen molar-refractivity contribution in [3.8, 4) is 0 Å². The summed E-state index contributed by atoms with van der Waals surface area (Å²) in [6.07, 6.45) is 0. The first-order valence-corrected chi connectivity index (χ1v) is 3.78. The third-order valence-corrected chi connectivity index (χ3v) is 2.08. The number of halogens is 1. The lowest BCUT2D eigenvalue weighted by molar-refractivity contribution is 0.344. The van der Waals surface area contributed by atoms with Crippen LogP contribution in [0.15, 0.2) is 0 Å². The van der Waals surface area contributed by atoms with Gasteiger partial charge in [0.15, 0.2) is 0 Å². The monoisotopic (exact) mass is 142 g/mol. The summed E-state index contributed by atoms with van der Waals surface area (Å²) < 4.78 is 21.4. The van der Waals surface area contributed by atoms with Crippen LogP contribution in [0.25, 0.3) is 0 Å². The molecule has 0 saturated carbocycles. The number of rotatable bonds is 2. The molecule has 0 bridgehead atoms. The Kier molecular flexibility index (Phi) is 2.60. The number of alkyl halides is 1. The van der Waals surface area contributed by atoms with E-state index < -0.39 is 19.9 Å². The van der Waals surface area contributed by atoms with Gasteiger partial charge in [-0.05, 0) is 6.92 Å². The van der Waals surface area contributed by atoms with E-state index in [9.17, 15) is 8.96 Å². The largest absolute Gasteiger partial charge is 0.330 e. The van der Waals surface area contributed by atoms with E-state index in [1.807, 2.05) is 0 Å². The van der Waals surface area contributed by atoms with Gasteiger partial charge in [0.2, 0.25) is 0 Å². The van der Waals surface area contributed by atoms with Gasteiger partial charge in [0.25, 0.3) is 0 Å². The zero-order valence-corrected chi connectivity index (χ0v) is 5.31. The van der Waals surface area contributed by atoms with Crippen LogP contribution in [0.1, 0.15) is 6.92 Å². The first-order valence-electron chi connectivity index (χ1n) is 2.09. The maximum absolute atomic E-state index is 11.4. The second kappa shape index (κ2) is 2.58. The molecule has 1 unspecified atom stereocenters. The van der Waals surface area contributed by atoms with Gasteiger partial charge in [0, 0.05) is 0 Å². The van der Waals surface area contributed by atoms with E-state index in [1.54, 1.807) is 0 Å². The van der Waals surface area contributed by atoms with Crippen LogP contribution in [0.5, 0.6) is 0 Å². The summed E-state index contributed by atoms with van der Waals surface area (Å²) in [5.74, 6) is 0. The fourth-order valence-corrected chi connectivity index (χ4v) is 0.270. The Balaban J connectivity index is 3.82. The van der Waals surface area contributed by atoms with Crippen molar-refractivity contribution in [2.75, 3.05) is 6.67 Å². The van der Waals surface area contributed by atoms with Crippen LogP contribution in [0.2, 0.25) is 0 Å². The Morgan fingerprint density at radius 1 is 1.75 bits per heavy atom. The summed E-state index contributed by atoms with van der Waals surface area (Å²) >= 11 is 0. The fraction of sp³-hybridized carbons (Fsp3) is 1.00. The Morgan fingerprint density at radius 3 is 2.12 bits per heavy atom. The van der Waals surface area contributed by atoms with Crippen LogP contribution < -0.4 is 0 Å². The zero-order valence-electron chi connectivity index (χ0n) is 4.41. The molecule has 0 aromatic heterocycles. The molecule has 0 heterocycles. The van der Waals surface area contributed by atoms with Gasteiger partial charge in [0.05, 0.1) is 5.66 Å². The molecule has 0 saturated heterocycles. The third-order valence-electron chi connectivity index (χ3n) is 0.797. The van der Waals surface area contributed by atoms with Crippen LogP contribution in [0.4, 0.5) is 4.39 Å². The summed E-state index contributed by atoms with van der Waals surface area (Å²) in [6, 6.07) is 0. The topological polar surface area (TPSA) is 57.5 Å². The van der Waals surface area contributed by atoms with Gasteiger partial charge in [-0.15, -0.1) is 0 Å². The van der Waals surface area contributed by atoms with Crippen LogP contribution in [0, 0.1) is 0 Å². The molecular formula is C3H8FO3P. The predicted molar refractivity (Wildman–Crippen MR) is 27.5 cm³/mol. The Labute approximate surface area is 46.7 Å². The second-order valence-corrected chi connectivity index (χ2v) is 3.65. The minimum atomic E-state index is -4.13. The summed E-state index contributed by atoms with van der Waals surface area (Å²) in [4.78, 5) is 16.3. The number of hydrogen-bond donors (Lipinski definition) is 2. The molecule has 8 heavy (non-hydrogen) atoms. The predicted octanol–water partition coefficient (Wildman–Crippen LogP) is 0.522. The van der Waals surface area contributed by atoms with E-state index in [-0.39, 0.29) is 0 Å². The minimum Gasteiger partial charge on any atom is -0.324 e. The molecule has 0 radical (unpaired) electrons. The van der Waals surface area contributed by atoms with Gasteiger partial charge < -0.3 is 9.79 Å². The molecule has 3 nitrogen and oxygen atoms in total. The van der Waals surface area contributed by atoms with Crippen LogP contribution in [0.3, 0.4) is 0 Å². The molecule has 5 heteroatoms. The highest BCUT2D eigenvalue weighted by Crippen LogP contribution is 2.40. The van der Waals surface area contributed by atoms with E-state index in [1.165, 1.54) is 6.92 Å². The molecule has 0 spiro atoms. The SMILES string of the molecule is CC(CF)P(=O)(O)O. The van der Waals surface area contributed by atoms with Crippen molar-refractivity contribution in [2.45, 2.75) is 12.6 Å². The smallest absolute Gasteiger partial charge is 0.324 e. The van der Waals surface area contributed by atoms with Crippen LogP contribution in [-0.2, 0) is 4.57 Å². The molecule has 0 aliphatic rings. The average Bonchev–Trinajstić information content (AvgIpc) is 1.62. The molecule has 0 aliphatic carbocycles. The van der Waals surface area contributed by atoms with E-state index in [0.717, 1.165) is 0 Å². The molecule has 0 aliphatic heterocycles. The van der Waals surface area contributed by atoms with Gasteiger partial charge >= 0.3 is 7.60 Å². The second-order valence-electron chi connectivity index (χ2n) is 1.59. The first kappa shape index (κ1) is 8.08. The van der Waals surface area contributed by atoms with Gasteiger partial charge in [-0.3, -0.25) is 8.96 Å². The molecule has 0 amide bonds. The number of hydrogen-bond acceptors (Lipinski definition) is 1. The molecule has 0 fully saturated rings. The summed E-state index contributed by atoms with van der Waals surface area (Å²) in [6.45, 7) is 0.199. The Bertz CT molecular complexity index is 109. The summed E-state index contributed by atoms with van der Waals surface area (Å²) in [5.41, 5.74) is -1.15. The van der Waals surface area contributed by atoms with Gasteiger partial charge in [-0.2, -0.15) is 0 Å². The van der Waals surface area contributed by atoms with Crippen LogP contribution in [-0.4, -0.2) is 22.1 Å². The lowest BCUT2D eigenvalue weighted by Gasteiger charge is -2.06. The van der Waals surface area contributed by atoms with Crippen molar-refractivity contribution in [3.63, 3.8) is 0 Å². The highest BCUT2D eigenvalue weighted by atomic mass is 31.2. The standard InChI is InChI=1S/C3H8FO3P/c1-3(2-4)8(5,6)7/h3H,2H2,1H3,(H2,5,6,7). The van der Waals surface area contributed by atoms with Crippen molar-refractivity contribution >= 4 is 7.60 Å². The molecule has 50 valence electrons. The van der Waals surface area contributed by atoms with E-state index >= 15 is 0 Å². The van der Waals surface area contributed by atoms with E-state index in [4.69, 9.17) is 9.79 Å². The maximum Gasteiger partial charge on any atom is 0.330 e. The zero-order chi connectivity index (χ0) is 6.78. The molecule has 0 aromatic carbocycles. The molecule has 0 rings (SSSR count). The average molecular weight is 142 g/mol. The normalized spacial score (nSPS) is 16.0. The van der Waals surface area contributed by atoms with Gasteiger partial charge in [0.1, 0.15) is 6.67 Å². The van der Waals surface area contributed by atoms with Crippen molar-refractivity contribution in [3.05, 3.63) is 0 Å². The highest BCUT2D eigenvalue weighted by Gasteiger charge is 2.22. The first-order chi connectivity index (χ1) is 3.48. The lowest BCUT2D eigenvalue weighted by atomic mass is 10.5. The van der Waals surface area contributed by atoms with Crippen molar-refractivity contribution in [2.24, 2.45) is 0 Å². The van der Waals surface area contributed by atoms with Crippen molar-refractivity contribution < 1.29 is 18.7 Å². The maximum atomic E-state index is 11.4. The Hall–Kier alpha value is 0.0800. The minimum absolute atomic E-state index is 0.968. The quantitative estimate of drug-likeness (QED) is 0.552. The van der Waals surface area contributed by atoms with E-state index in [0.29, 0.717) is 0 Å². The van der Waals surface area contributed by atoms with Crippen molar-refractivity contribution in [1.82, 2.24) is 0 Å². The summed E-state index contributed by atoms with van der Waals surface area (Å²) in [7, 11) is -4.13. The fourth-order valence-electron chi connectivity index (χ4n) is 0.0899. The van der Waals surface area contributed by atoms with Crippen LogP contribution >= 0.6 is 7.60 Å². The molecule has 2 N–H and O–H groups in total. The van der Waals surface area contributed by atoms with Gasteiger partial charge in [-0.25, -0.2) is 0 Å². The molecule has 1 atom stereocenters. The Morgan fingerprint density at radius 2 is 2.12 bits per heavy atom.